The molecule has 1 aromatic heterocycles. The molecule has 0 spiro atoms. The number of unbranched alkanes of at least 4 members (excludes halogenated alkanes) is 1. The van der Waals surface area contributed by atoms with Crippen LogP contribution in [0.1, 0.15) is 19.8 Å². The lowest BCUT2D eigenvalue weighted by Crippen LogP contribution is -2.61. The summed E-state index contributed by atoms with van der Waals surface area (Å²) in [6, 6.07) is 1.05. The van der Waals surface area contributed by atoms with E-state index >= 15 is 0 Å². The van der Waals surface area contributed by atoms with Crippen LogP contribution >= 0.6 is 0 Å². The first-order chi connectivity index (χ1) is 12.0. The second kappa shape index (κ2) is 7.65. The lowest BCUT2D eigenvalue weighted by molar-refractivity contribution is -0.139. The fourth-order valence-electron chi connectivity index (χ4n) is 3.44. The van der Waals surface area contributed by atoms with Gasteiger partial charge in [-0.25, -0.2) is 18.4 Å². The van der Waals surface area contributed by atoms with E-state index in [-0.39, 0.29) is 36.1 Å². The minimum Gasteiger partial charge on any atom is -0.372 e. The molecule has 3 heterocycles. The molecule has 0 aromatic carbocycles. The molecule has 2 atom stereocenters. The van der Waals surface area contributed by atoms with Crippen molar-refractivity contribution in [3.8, 4) is 0 Å². The maximum absolute atomic E-state index is 12.5. The number of aromatic nitrogens is 2. The Balaban J connectivity index is 1.73. The van der Waals surface area contributed by atoms with E-state index in [1.165, 1.54) is 0 Å². The topological polar surface area (TPSA) is 92.7 Å². The number of fused-ring (bicyclic) bond motifs is 1. The van der Waals surface area contributed by atoms with Crippen molar-refractivity contribution in [2.45, 2.75) is 31.8 Å². The van der Waals surface area contributed by atoms with E-state index in [4.69, 9.17) is 4.74 Å². The van der Waals surface area contributed by atoms with E-state index in [2.05, 4.69) is 16.9 Å². The summed E-state index contributed by atoms with van der Waals surface area (Å²) in [4.78, 5) is 24.6. The lowest BCUT2D eigenvalue weighted by atomic mass is 10.1. The number of piperazine rings is 1. The van der Waals surface area contributed by atoms with Gasteiger partial charge in [0.1, 0.15) is 6.61 Å². The van der Waals surface area contributed by atoms with Crippen LogP contribution in [-0.4, -0.2) is 79.1 Å². The summed E-state index contributed by atoms with van der Waals surface area (Å²) in [6.45, 7) is 3.58. The Morgan fingerprint density at radius 2 is 1.96 bits per heavy atom. The van der Waals surface area contributed by atoms with Gasteiger partial charge in [0, 0.05) is 32.1 Å². The van der Waals surface area contributed by atoms with E-state index in [0.717, 1.165) is 12.8 Å². The van der Waals surface area contributed by atoms with E-state index < -0.39 is 9.84 Å². The summed E-state index contributed by atoms with van der Waals surface area (Å²) in [7, 11) is -3.20. The molecule has 1 amide bonds. The molecular formula is C16H24N4O4S. The number of ether oxygens (including phenoxy) is 1. The normalized spacial score (nSPS) is 25.0. The zero-order chi connectivity index (χ0) is 17.9. The van der Waals surface area contributed by atoms with E-state index in [9.17, 15) is 13.2 Å². The second-order valence-corrected chi connectivity index (χ2v) is 8.60. The van der Waals surface area contributed by atoms with Gasteiger partial charge in [0.25, 0.3) is 0 Å². The zero-order valence-electron chi connectivity index (χ0n) is 14.4. The Kier molecular flexibility index (Phi) is 5.53. The molecule has 2 aliphatic heterocycles. The highest BCUT2D eigenvalue weighted by molar-refractivity contribution is 7.91. The van der Waals surface area contributed by atoms with Gasteiger partial charge in [-0.3, -0.25) is 4.79 Å². The fraction of sp³-hybridized carbons (Fsp3) is 0.688. The highest BCUT2D eigenvalue weighted by atomic mass is 32.2. The first-order valence-electron chi connectivity index (χ1n) is 8.63. The Hall–Kier alpha value is -1.74. The number of sulfone groups is 1. The van der Waals surface area contributed by atoms with Crippen LogP contribution in [0, 0.1) is 0 Å². The van der Waals surface area contributed by atoms with Gasteiger partial charge in [0.2, 0.25) is 11.9 Å². The highest BCUT2D eigenvalue weighted by Gasteiger charge is 2.48. The molecule has 9 heteroatoms. The van der Waals surface area contributed by atoms with E-state index in [1.54, 1.807) is 23.4 Å². The van der Waals surface area contributed by atoms with Crippen molar-refractivity contribution < 1.29 is 17.9 Å². The van der Waals surface area contributed by atoms with Gasteiger partial charge in [0.15, 0.2) is 9.84 Å². The molecule has 138 valence electrons. The van der Waals surface area contributed by atoms with Gasteiger partial charge in [-0.1, -0.05) is 13.3 Å². The Bertz CT molecular complexity index is 697. The summed E-state index contributed by atoms with van der Waals surface area (Å²) >= 11 is 0. The number of nitrogens with zero attached hydrogens (tertiary/aromatic N) is 4. The van der Waals surface area contributed by atoms with Crippen molar-refractivity contribution in [1.29, 1.82) is 0 Å². The summed E-state index contributed by atoms with van der Waals surface area (Å²) in [5.74, 6) is 0.385. The van der Waals surface area contributed by atoms with E-state index in [1.807, 2.05) is 4.90 Å². The second-order valence-electron chi connectivity index (χ2n) is 6.45. The third kappa shape index (κ3) is 4.09. The molecule has 2 saturated heterocycles. The van der Waals surface area contributed by atoms with Crippen LogP contribution in [0.25, 0.3) is 0 Å². The molecule has 0 N–H and O–H groups in total. The standard InChI is InChI=1S/C16H24N4O4S/c1-2-3-9-24-10-15(21)19-7-8-20(16-17-5-4-6-18-16)14-12-25(22,23)11-13(14)19/h4-6,13-14H,2-3,7-12H2,1H3/t13-,14+/m0/s1. The van der Waals surface area contributed by atoms with Crippen molar-refractivity contribution in [2.24, 2.45) is 0 Å². The average Bonchev–Trinajstić information content (AvgIpc) is 2.93. The molecule has 0 saturated carbocycles. The van der Waals surface area contributed by atoms with Gasteiger partial charge in [-0.2, -0.15) is 0 Å². The third-order valence-electron chi connectivity index (χ3n) is 4.67. The van der Waals surface area contributed by atoms with Crippen molar-refractivity contribution in [3.63, 3.8) is 0 Å². The van der Waals surface area contributed by atoms with Crippen molar-refractivity contribution in [1.82, 2.24) is 14.9 Å². The molecule has 0 aliphatic carbocycles. The zero-order valence-corrected chi connectivity index (χ0v) is 15.2. The smallest absolute Gasteiger partial charge is 0.248 e. The summed E-state index contributed by atoms with van der Waals surface area (Å²) < 4.78 is 29.8. The molecular weight excluding hydrogens is 344 g/mol. The number of hydrogen-bond donors (Lipinski definition) is 0. The largest absolute Gasteiger partial charge is 0.372 e. The summed E-state index contributed by atoms with van der Waals surface area (Å²) in [5.41, 5.74) is 0. The van der Waals surface area contributed by atoms with Gasteiger partial charge in [-0.05, 0) is 12.5 Å². The van der Waals surface area contributed by atoms with Gasteiger partial charge in [-0.15, -0.1) is 0 Å². The van der Waals surface area contributed by atoms with Crippen molar-refractivity contribution >= 4 is 21.7 Å². The predicted octanol–water partition coefficient (Wildman–Crippen LogP) is 0.108. The predicted molar refractivity (Wildman–Crippen MR) is 93.0 cm³/mol. The number of hydrogen-bond acceptors (Lipinski definition) is 7. The van der Waals surface area contributed by atoms with Crippen molar-refractivity contribution in [3.05, 3.63) is 18.5 Å². The number of anilines is 1. The first-order valence-corrected chi connectivity index (χ1v) is 10.5. The maximum atomic E-state index is 12.5. The van der Waals surface area contributed by atoms with Crippen LogP contribution < -0.4 is 4.90 Å². The van der Waals surface area contributed by atoms with Crippen molar-refractivity contribution in [2.75, 3.05) is 42.7 Å². The molecule has 2 fully saturated rings. The first kappa shape index (κ1) is 18.1. The molecule has 0 unspecified atom stereocenters. The monoisotopic (exact) mass is 368 g/mol. The molecule has 0 bridgehead atoms. The average molecular weight is 368 g/mol. The minimum atomic E-state index is -3.20. The fourth-order valence-corrected chi connectivity index (χ4v) is 5.42. The lowest BCUT2D eigenvalue weighted by Gasteiger charge is -2.43. The van der Waals surface area contributed by atoms with Gasteiger partial charge >= 0.3 is 0 Å². The van der Waals surface area contributed by atoms with Crippen LogP contribution in [-0.2, 0) is 19.4 Å². The molecule has 0 radical (unpaired) electrons. The minimum absolute atomic E-state index is 0.00506. The SMILES string of the molecule is CCCCOCC(=O)N1CCN(c2ncccn2)[C@@H]2CS(=O)(=O)C[C@@H]21. The van der Waals surface area contributed by atoms with Crippen LogP contribution in [0.5, 0.6) is 0 Å². The van der Waals surface area contributed by atoms with Gasteiger partial charge in [0.05, 0.1) is 23.6 Å². The number of carbonyl (C=O) groups excluding carboxylic acids is 1. The summed E-state index contributed by atoms with van der Waals surface area (Å²) in [5, 5.41) is 0. The number of amides is 1. The highest BCUT2D eigenvalue weighted by Crippen LogP contribution is 2.29. The maximum Gasteiger partial charge on any atom is 0.248 e. The quantitative estimate of drug-likeness (QED) is 0.658. The Labute approximate surface area is 148 Å². The molecule has 1 aromatic rings. The van der Waals surface area contributed by atoms with Crippen LogP contribution in [0.4, 0.5) is 5.95 Å². The number of rotatable bonds is 6. The van der Waals surface area contributed by atoms with Crippen LogP contribution in [0.15, 0.2) is 18.5 Å². The number of carbonyl (C=O) groups is 1. The Morgan fingerprint density at radius 1 is 1.24 bits per heavy atom. The van der Waals surface area contributed by atoms with Gasteiger partial charge < -0.3 is 14.5 Å². The van der Waals surface area contributed by atoms with Crippen LogP contribution in [0.3, 0.4) is 0 Å². The molecule has 25 heavy (non-hydrogen) atoms. The van der Waals surface area contributed by atoms with Crippen LogP contribution in [0.2, 0.25) is 0 Å². The molecule has 3 rings (SSSR count). The Morgan fingerprint density at radius 3 is 2.68 bits per heavy atom. The molecule has 8 nitrogen and oxygen atoms in total. The van der Waals surface area contributed by atoms with E-state index in [0.29, 0.717) is 25.6 Å². The molecule has 2 aliphatic rings. The third-order valence-corrected chi connectivity index (χ3v) is 6.37. The summed E-state index contributed by atoms with van der Waals surface area (Å²) in [6.07, 6.45) is 5.19.